The number of ether oxygens (including phenoxy) is 1. The molecule has 11 nitrogen and oxygen atoms in total. The first kappa shape index (κ1) is 27.7. The Morgan fingerprint density at radius 2 is 1.76 bits per heavy atom. The first-order chi connectivity index (χ1) is 15.9. The van der Waals surface area contributed by atoms with E-state index in [1.165, 1.54) is 25.9 Å². The van der Waals surface area contributed by atoms with Gasteiger partial charge < -0.3 is 20.3 Å². The zero-order valence-electron chi connectivity index (χ0n) is 20.1. The fraction of sp³-hybridized carbons (Fsp3) is 0.727. The smallest absolute Gasteiger partial charge is 0.259 e. The standard InChI is InChI=1S/C22H33ClN4O7/c1-11(2)18(15(28)10-23)25-20(31)14-7-6-8-26(14)21(32)12(3)24-19(30)13(4)27-17(29)9-16(34-5)22(27)33/h11-14,16,18H,6-10H2,1-5H3,(H,24,30)(H,25,31)/t12-,13-,14-,16?,18-/m0/s1. The van der Waals surface area contributed by atoms with E-state index in [9.17, 15) is 28.8 Å². The largest absolute Gasteiger partial charge is 0.371 e. The quantitative estimate of drug-likeness (QED) is 0.307. The topological polar surface area (TPSA) is 142 Å². The normalized spacial score (nSPS) is 23.1. The predicted octanol–water partition coefficient (Wildman–Crippen LogP) is -0.407. The van der Waals surface area contributed by atoms with Crippen molar-refractivity contribution in [2.24, 2.45) is 5.92 Å². The minimum absolute atomic E-state index is 0.143. The molecule has 190 valence electrons. The van der Waals surface area contributed by atoms with Crippen LogP contribution in [0.5, 0.6) is 0 Å². The Kier molecular flexibility index (Phi) is 9.57. The monoisotopic (exact) mass is 500 g/mol. The third kappa shape index (κ3) is 5.93. The van der Waals surface area contributed by atoms with Crippen LogP contribution in [0, 0.1) is 5.92 Å². The van der Waals surface area contributed by atoms with Crippen LogP contribution in [0.15, 0.2) is 0 Å². The van der Waals surface area contributed by atoms with Gasteiger partial charge in [0, 0.05) is 13.7 Å². The molecular formula is C22H33ClN4O7. The lowest BCUT2D eigenvalue weighted by molar-refractivity contribution is -0.149. The van der Waals surface area contributed by atoms with Gasteiger partial charge in [0.25, 0.3) is 5.91 Å². The highest BCUT2D eigenvalue weighted by Gasteiger charge is 2.44. The van der Waals surface area contributed by atoms with E-state index in [2.05, 4.69) is 10.6 Å². The van der Waals surface area contributed by atoms with Gasteiger partial charge in [-0.1, -0.05) is 13.8 Å². The number of likely N-dealkylation sites (tertiary alicyclic amines) is 2. The number of alkyl halides is 1. The van der Waals surface area contributed by atoms with Gasteiger partial charge in [-0.05, 0) is 32.6 Å². The molecule has 2 fully saturated rings. The van der Waals surface area contributed by atoms with Crippen LogP contribution in [-0.4, -0.2) is 94.9 Å². The summed E-state index contributed by atoms with van der Waals surface area (Å²) in [5.74, 6) is -3.44. The molecule has 2 saturated heterocycles. The second kappa shape index (κ2) is 11.7. The predicted molar refractivity (Wildman–Crippen MR) is 122 cm³/mol. The minimum atomic E-state index is -1.12. The molecule has 12 heteroatoms. The highest BCUT2D eigenvalue weighted by atomic mass is 35.5. The van der Waals surface area contributed by atoms with Crippen LogP contribution in [0.2, 0.25) is 0 Å². The number of hydrogen-bond donors (Lipinski definition) is 2. The number of amides is 5. The molecule has 5 atom stereocenters. The van der Waals surface area contributed by atoms with Crippen LogP contribution in [0.25, 0.3) is 0 Å². The van der Waals surface area contributed by atoms with Crippen molar-refractivity contribution in [3.05, 3.63) is 0 Å². The van der Waals surface area contributed by atoms with Crippen LogP contribution < -0.4 is 10.6 Å². The molecule has 0 spiro atoms. The van der Waals surface area contributed by atoms with E-state index in [0.29, 0.717) is 19.4 Å². The van der Waals surface area contributed by atoms with Crippen LogP contribution in [0.4, 0.5) is 0 Å². The van der Waals surface area contributed by atoms with Gasteiger partial charge in [-0.15, -0.1) is 11.6 Å². The molecule has 2 rings (SSSR count). The van der Waals surface area contributed by atoms with Crippen LogP contribution in [-0.2, 0) is 33.5 Å². The summed E-state index contributed by atoms with van der Waals surface area (Å²) in [6.45, 7) is 6.76. The first-order valence-corrected chi connectivity index (χ1v) is 11.9. The summed E-state index contributed by atoms with van der Waals surface area (Å²) in [7, 11) is 1.31. The van der Waals surface area contributed by atoms with Crippen molar-refractivity contribution in [3.63, 3.8) is 0 Å². The van der Waals surface area contributed by atoms with Crippen molar-refractivity contribution in [1.29, 1.82) is 0 Å². The SMILES string of the molecule is COC1CC(=O)N([C@@H](C)C(=O)N[C@@H](C)C(=O)N2CCC[C@H]2C(=O)N[C@H](C(=O)CCl)C(C)C)C1=O. The lowest BCUT2D eigenvalue weighted by atomic mass is 10.00. The molecule has 34 heavy (non-hydrogen) atoms. The molecule has 2 aliphatic rings. The molecule has 0 aliphatic carbocycles. The number of halogens is 1. The van der Waals surface area contributed by atoms with Gasteiger partial charge in [0.2, 0.25) is 23.6 Å². The lowest BCUT2D eigenvalue weighted by Crippen LogP contribution is -2.57. The Hall–Kier alpha value is -2.53. The molecule has 0 bridgehead atoms. The van der Waals surface area contributed by atoms with Crippen LogP contribution in [0.3, 0.4) is 0 Å². The molecule has 5 amide bonds. The summed E-state index contributed by atoms with van der Waals surface area (Å²) in [5.41, 5.74) is 0. The molecule has 1 unspecified atom stereocenters. The second-order valence-electron chi connectivity index (χ2n) is 8.96. The number of methoxy groups -OCH3 is 1. The van der Waals surface area contributed by atoms with E-state index in [-0.39, 0.29) is 24.0 Å². The van der Waals surface area contributed by atoms with Crippen molar-refractivity contribution < 1.29 is 33.5 Å². The molecule has 0 saturated carbocycles. The molecule has 0 aromatic rings. The number of imide groups is 1. The van der Waals surface area contributed by atoms with Gasteiger partial charge >= 0.3 is 0 Å². The number of carbonyl (C=O) groups is 6. The average molecular weight is 501 g/mol. The molecule has 2 heterocycles. The lowest BCUT2D eigenvalue weighted by Gasteiger charge is -2.30. The van der Waals surface area contributed by atoms with Crippen molar-refractivity contribution in [2.75, 3.05) is 19.5 Å². The molecule has 2 N–H and O–H groups in total. The van der Waals surface area contributed by atoms with Crippen molar-refractivity contribution >= 4 is 46.9 Å². The van der Waals surface area contributed by atoms with Crippen molar-refractivity contribution in [1.82, 2.24) is 20.4 Å². The van der Waals surface area contributed by atoms with Gasteiger partial charge in [-0.2, -0.15) is 0 Å². The van der Waals surface area contributed by atoms with Gasteiger partial charge in [-0.3, -0.25) is 33.7 Å². The van der Waals surface area contributed by atoms with Gasteiger partial charge in [0.1, 0.15) is 24.2 Å². The van der Waals surface area contributed by atoms with Crippen LogP contribution in [0.1, 0.15) is 47.0 Å². The number of hydrogen-bond acceptors (Lipinski definition) is 7. The highest BCUT2D eigenvalue weighted by Crippen LogP contribution is 2.21. The van der Waals surface area contributed by atoms with E-state index in [1.807, 2.05) is 0 Å². The average Bonchev–Trinajstić information content (AvgIpc) is 3.39. The Balaban J connectivity index is 2.03. The number of carbonyl (C=O) groups excluding carboxylic acids is 6. The van der Waals surface area contributed by atoms with E-state index >= 15 is 0 Å². The highest BCUT2D eigenvalue weighted by molar-refractivity contribution is 6.28. The third-order valence-electron chi connectivity index (χ3n) is 6.20. The van der Waals surface area contributed by atoms with Gasteiger partial charge in [0.15, 0.2) is 5.78 Å². The maximum absolute atomic E-state index is 13.1. The Bertz CT molecular complexity index is 849. The maximum Gasteiger partial charge on any atom is 0.259 e. The van der Waals surface area contributed by atoms with E-state index in [4.69, 9.17) is 16.3 Å². The van der Waals surface area contributed by atoms with Crippen molar-refractivity contribution in [2.45, 2.75) is 77.2 Å². The zero-order chi connectivity index (χ0) is 25.7. The molecule has 0 aromatic heterocycles. The number of nitrogens with zero attached hydrogens (tertiary/aromatic N) is 2. The zero-order valence-corrected chi connectivity index (χ0v) is 20.9. The summed E-state index contributed by atoms with van der Waals surface area (Å²) < 4.78 is 4.97. The molecule has 0 radical (unpaired) electrons. The summed E-state index contributed by atoms with van der Waals surface area (Å²) in [6.07, 6.45) is -0.0587. The number of ketones is 1. The molecular weight excluding hydrogens is 468 g/mol. The van der Waals surface area contributed by atoms with Crippen LogP contribution >= 0.6 is 11.6 Å². The summed E-state index contributed by atoms with van der Waals surface area (Å²) in [5, 5.41) is 5.23. The Morgan fingerprint density at radius 3 is 2.29 bits per heavy atom. The Morgan fingerprint density at radius 1 is 1.12 bits per heavy atom. The number of rotatable bonds is 10. The fourth-order valence-corrected chi connectivity index (χ4v) is 4.40. The van der Waals surface area contributed by atoms with Gasteiger partial charge in [0.05, 0.1) is 18.3 Å². The number of nitrogens with one attached hydrogen (secondary N) is 2. The van der Waals surface area contributed by atoms with Crippen molar-refractivity contribution in [3.8, 4) is 0 Å². The van der Waals surface area contributed by atoms with E-state index in [0.717, 1.165) is 4.90 Å². The second-order valence-corrected chi connectivity index (χ2v) is 9.22. The summed E-state index contributed by atoms with van der Waals surface area (Å²) in [6, 6.07) is -3.66. The van der Waals surface area contributed by atoms with E-state index < -0.39 is 59.8 Å². The summed E-state index contributed by atoms with van der Waals surface area (Å²) >= 11 is 5.65. The minimum Gasteiger partial charge on any atom is -0.371 e. The van der Waals surface area contributed by atoms with Gasteiger partial charge in [-0.25, -0.2) is 0 Å². The third-order valence-corrected chi connectivity index (χ3v) is 6.47. The number of Topliss-reactive ketones (excluding diaryl/α,β-unsaturated/α-hetero) is 1. The maximum atomic E-state index is 13.1. The van der Waals surface area contributed by atoms with E-state index in [1.54, 1.807) is 13.8 Å². The molecule has 0 aromatic carbocycles. The molecule has 2 aliphatic heterocycles. The summed E-state index contributed by atoms with van der Waals surface area (Å²) in [4.78, 5) is 77.3. The first-order valence-electron chi connectivity index (χ1n) is 11.3. The fourth-order valence-electron chi connectivity index (χ4n) is 4.23. The Labute approximate surface area is 203 Å².